The highest BCUT2D eigenvalue weighted by Gasteiger charge is 2.15. The molecule has 0 radical (unpaired) electrons. The van der Waals surface area contributed by atoms with Crippen molar-refractivity contribution in [1.29, 1.82) is 0 Å². The molecule has 0 aliphatic rings. The lowest BCUT2D eigenvalue weighted by molar-refractivity contribution is 0.0935. The Bertz CT molecular complexity index is 1370. The van der Waals surface area contributed by atoms with Gasteiger partial charge in [0.25, 0.3) is 5.91 Å². The largest absolute Gasteiger partial charge is 0.487 e. The second-order valence-corrected chi connectivity index (χ2v) is 7.85. The van der Waals surface area contributed by atoms with E-state index < -0.39 is 0 Å². The maximum absolute atomic E-state index is 12.7. The minimum absolute atomic E-state index is 0.166. The Kier molecular flexibility index (Phi) is 5.11. The van der Waals surface area contributed by atoms with E-state index in [4.69, 9.17) is 9.15 Å². The molecule has 5 rings (SSSR count). The molecule has 1 unspecified atom stereocenters. The average molecular weight is 425 g/mol. The number of fused-ring (bicyclic) bond motifs is 2. The number of nitrogens with one attached hydrogen (secondary N) is 1. The van der Waals surface area contributed by atoms with Gasteiger partial charge in [-0.25, -0.2) is 4.98 Å². The van der Waals surface area contributed by atoms with Crippen LogP contribution in [0.3, 0.4) is 0 Å². The zero-order valence-electron chi connectivity index (χ0n) is 17.9. The van der Waals surface area contributed by atoms with E-state index in [0.717, 1.165) is 33.6 Å². The number of pyridine rings is 1. The molecule has 6 heteroatoms. The smallest absolute Gasteiger partial charge is 0.251 e. The van der Waals surface area contributed by atoms with E-state index in [2.05, 4.69) is 10.3 Å². The van der Waals surface area contributed by atoms with Crippen molar-refractivity contribution in [2.24, 2.45) is 0 Å². The molecular weight excluding hydrogens is 402 g/mol. The molecule has 0 aliphatic carbocycles. The van der Waals surface area contributed by atoms with E-state index in [1.165, 1.54) is 0 Å². The molecule has 2 aromatic carbocycles. The molecule has 0 aliphatic heterocycles. The van der Waals surface area contributed by atoms with E-state index in [1.807, 2.05) is 73.1 Å². The summed E-state index contributed by atoms with van der Waals surface area (Å²) in [5, 5.41) is 4.00. The third-order valence-electron chi connectivity index (χ3n) is 5.45. The van der Waals surface area contributed by atoms with Crippen LogP contribution in [-0.2, 0) is 6.61 Å². The lowest BCUT2D eigenvalue weighted by Gasteiger charge is -2.12. The second kappa shape index (κ2) is 8.23. The van der Waals surface area contributed by atoms with Crippen LogP contribution in [0.2, 0.25) is 0 Å². The SMILES string of the molecule is Cc1cccn2cc(COc3ccc(C(=O)NC(C)c4cc5ccccc5o4)cc3)nc12. The molecule has 0 fully saturated rings. The van der Waals surface area contributed by atoms with Gasteiger partial charge in [0.1, 0.15) is 29.3 Å². The van der Waals surface area contributed by atoms with Crippen LogP contribution in [0.1, 0.15) is 40.3 Å². The van der Waals surface area contributed by atoms with Gasteiger partial charge in [0.05, 0.1) is 11.7 Å². The van der Waals surface area contributed by atoms with Crippen molar-refractivity contribution in [3.8, 4) is 5.75 Å². The Morgan fingerprint density at radius 2 is 1.94 bits per heavy atom. The van der Waals surface area contributed by atoms with Crippen LogP contribution in [-0.4, -0.2) is 15.3 Å². The first-order valence-corrected chi connectivity index (χ1v) is 10.5. The molecule has 0 spiro atoms. The fourth-order valence-electron chi connectivity index (χ4n) is 3.70. The summed E-state index contributed by atoms with van der Waals surface area (Å²) < 4.78 is 13.7. The van der Waals surface area contributed by atoms with E-state index in [1.54, 1.807) is 24.3 Å². The number of rotatable bonds is 6. The number of ether oxygens (including phenoxy) is 1. The topological polar surface area (TPSA) is 68.8 Å². The van der Waals surface area contributed by atoms with Gasteiger partial charge < -0.3 is 18.9 Å². The van der Waals surface area contributed by atoms with Gasteiger partial charge in [0, 0.05) is 23.3 Å². The van der Waals surface area contributed by atoms with Gasteiger partial charge in [-0.2, -0.15) is 0 Å². The van der Waals surface area contributed by atoms with Crippen molar-refractivity contribution >= 4 is 22.5 Å². The number of aromatic nitrogens is 2. The number of furan rings is 1. The number of benzene rings is 2. The number of hydrogen-bond acceptors (Lipinski definition) is 4. The molecule has 1 atom stereocenters. The summed E-state index contributed by atoms with van der Waals surface area (Å²) in [5.41, 5.74) is 4.26. The number of nitrogens with zero attached hydrogens (tertiary/aromatic N) is 2. The summed E-state index contributed by atoms with van der Waals surface area (Å²) in [6.07, 6.45) is 3.93. The van der Waals surface area contributed by atoms with Gasteiger partial charge in [0.15, 0.2) is 0 Å². The van der Waals surface area contributed by atoms with Crippen molar-refractivity contribution in [3.63, 3.8) is 0 Å². The Morgan fingerprint density at radius 1 is 1.12 bits per heavy atom. The highest BCUT2D eigenvalue weighted by molar-refractivity contribution is 5.94. The molecule has 0 saturated carbocycles. The number of para-hydroxylation sites is 1. The van der Waals surface area contributed by atoms with Crippen molar-refractivity contribution in [2.45, 2.75) is 26.5 Å². The Labute approximate surface area is 185 Å². The fourth-order valence-corrected chi connectivity index (χ4v) is 3.70. The zero-order chi connectivity index (χ0) is 22.1. The average Bonchev–Trinajstić information content (AvgIpc) is 3.43. The van der Waals surface area contributed by atoms with E-state index in [9.17, 15) is 4.79 Å². The van der Waals surface area contributed by atoms with Crippen LogP contribution in [0, 0.1) is 6.92 Å². The van der Waals surface area contributed by atoms with Crippen molar-refractivity contribution < 1.29 is 13.9 Å². The molecule has 160 valence electrons. The molecular formula is C26H23N3O3. The second-order valence-electron chi connectivity index (χ2n) is 7.85. The predicted octanol–water partition coefficient (Wildman–Crippen LogP) is 5.46. The van der Waals surface area contributed by atoms with Crippen LogP contribution in [0.5, 0.6) is 5.75 Å². The highest BCUT2D eigenvalue weighted by Crippen LogP contribution is 2.24. The van der Waals surface area contributed by atoms with Crippen LogP contribution in [0.15, 0.2) is 83.5 Å². The van der Waals surface area contributed by atoms with E-state index >= 15 is 0 Å². The quantitative estimate of drug-likeness (QED) is 0.392. The first-order chi connectivity index (χ1) is 15.6. The summed E-state index contributed by atoms with van der Waals surface area (Å²) in [6, 6.07) is 20.6. The minimum Gasteiger partial charge on any atom is -0.487 e. The van der Waals surface area contributed by atoms with Crippen LogP contribution < -0.4 is 10.1 Å². The van der Waals surface area contributed by atoms with Crippen molar-refractivity contribution in [1.82, 2.24) is 14.7 Å². The Morgan fingerprint density at radius 3 is 2.72 bits per heavy atom. The number of carbonyl (C=O) groups excluding carboxylic acids is 1. The summed E-state index contributed by atoms with van der Waals surface area (Å²) in [6.45, 7) is 4.30. The first kappa shape index (κ1) is 19.9. The highest BCUT2D eigenvalue weighted by atomic mass is 16.5. The molecule has 0 saturated heterocycles. The number of aryl methyl sites for hydroxylation is 1. The van der Waals surface area contributed by atoms with Crippen LogP contribution in [0.4, 0.5) is 0 Å². The normalized spacial score (nSPS) is 12.2. The minimum atomic E-state index is -0.246. The van der Waals surface area contributed by atoms with Crippen molar-refractivity contribution in [2.75, 3.05) is 0 Å². The van der Waals surface area contributed by atoms with Gasteiger partial charge >= 0.3 is 0 Å². The molecule has 1 amide bonds. The van der Waals surface area contributed by atoms with Crippen LogP contribution >= 0.6 is 0 Å². The van der Waals surface area contributed by atoms with Gasteiger partial charge in [-0.3, -0.25) is 4.79 Å². The maximum Gasteiger partial charge on any atom is 0.251 e. The van der Waals surface area contributed by atoms with Crippen LogP contribution in [0.25, 0.3) is 16.6 Å². The summed E-state index contributed by atoms with van der Waals surface area (Å²) in [7, 11) is 0. The third-order valence-corrected chi connectivity index (χ3v) is 5.45. The summed E-state index contributed by atoms with van der Waals surface area (Å²) >= 11 is 0. The maximum atomic E-state index is 12.7. The molecule has 3 aromatic heterocycles. The molecule has 32 heavy (non-hydrogen) atoms. The van der Waals surface area contributed by atoms with Gasteiger partial charge in [0.2, 0.25) is 0 Å². The van der Waals surface area contributed by atoms with Gasteiger partial charge in [-0.05, 0) is 61.9 Å². The third kappa shape index (κ3) is 3.95. The molecule has 6 nitrogen and oxygen atoms in total. The lowest BCUT2D eigenvalue weighted by Crippen LogP contribution is -2.26. The first-order valence-electron chi connectivity index (χ1n) is 10.5. The standard InChI is InChI=1S/C26H23N3O3/c1-17-6-5-13-29-15-21(28-25(17)29)16-31-22-11-9-19(10-12-22)26(30)27-18(2)24-14-20-7-3-4-8-23(20)32-24/h3-15,18H,16H2,1-2H3,(H,27,30). The van der Waals surface area contributed by atoms with Gasteiger partial charge in [-0.1, -0.05) is 24.3 Å². The zero-order valence-corrected chi connectivity index (χ0v) is 17.9. The van der Waals surface area contributed by atoms with E-state index in [-0.39, 0.29) is 11.9 Å². The molecule has 0 bridgehead atoms. The lowest BCUT2D eigenvalue weighted by atomic mass is 10.1. The number of carbonyl (C=O) groups is 1. The molecule has 5 aromatic rings. The monoisotopic (exact) mass is 425 g/mol. The molecule has 1 N–H and O–H groups in total. The van der Waals surface area contributed by atoms with Crippen molar-refractivity contribution in [3.05, 3.63) is 102 Å². The van der Waals surface area contributed by atoms with Gasteiger partial charge in [-0.15, -0.1) is 0 Å². The van der Waals surface area contributed by atoms with E-state index in [0.29, 0.717) is 17.9 Å². The Balaban J connectivity index is 1.21. The number of amides is 1. The summed E-state index contributed by atoms with van der Waals surface area (Å²) in [5.74, 6) is 1.24. The Hall–Kier alpha value is -4.06. The number of imidazole rings is 1. The fraction of sp³-hybridized carbons (Fsp3) is 0.154. The predicted molar refractivity (Wildman–Crippen MR) is 123 cm³/mol. The number of hydrogen-bond donors (Lipinski definition) is 1. The summed E-state index contributed by atoms with van der Waals surface area (Å²) in [4.78, 5) is 17.3. The molecule has 3 heterocycles.